The number of anilines is 1. The monoisotopic (exact) mass is 1260 g/mol. The summed E-state index contributed by atoms with van der Waals surface area (Å²) in [5.41, 5.74) is -2.04. The molecular formula is C54H87Cl4N9O16. The van der Waals surface area contributed by atoms with Gasteiger partial charge >= 0.3 is 22.8 Å². The summed E-state index contributed by atoms with van der Waals surface area (Å²) in [6, 6.07) is 5.13. The van der Waals surface area contributed by atoms with E-state index < -0.39 is 116 Å². The van der Waals surface area contributed by atoms with Gasteiger partial charge in [0, 0.05) is 54.8 Å². The van der Waals surface area contributed by atoms with Crippen molar-refractivity contribution in [3.8, 4) is 0 Å². The highest BCUT2D eigenvalue weighted by Gasteiger charge is 2.56. The van der Waals surface area contributed by atoms with Gasteiger partial charge in [0.15, 0.2) is 31.2 Å². The zero-order chi connectivity index (χ0) is 58.9. The third kappa shape index (κ3) is 15.8. The minimum atomic E-state index is -1.19. The van der Waals surface area contributed by atoms with E-state index in [0.717, 1.165) is 30.1 Å². The standard InChI is InChI=1S/C14H21ClN2O3.C12H18ClN3O4.C12H17ClN2O5.C12H15ClN2O4.4CH4/c1-4-7-14(5-2)9(3)11(15)12(20-14)17-8-6-10(18)16-13(17)19;1-2-4-12(6-17)9(18)8(13)10(20-12)16-5-3-7(14)15-11(16)19;1-2-4-12(6-16)9(18)8(13)10(20-12)15-5-3-7(17)14-11(15)19;1-3-12(6-16)7(2)9(13)10(19-12)15-5-4-8(17)14-11(15)18;;;;/h6,8-9,11-12H,4-5,7H2,1-3H3,(H,16,18,19);3,5,8-10,17-18H,2,4,6H2,1H3,(H2,14,15,19);3,5,8-10,16,18H,2,4,6H2,1H3,(H,14,17,19);4-7,9-10H,3H2,1-2H3,(H,14,17,18);4*1H4/t9-,11+,12+,14-;2*8-,9+,10-,12-;7-,9+,10+,12-;;;;/m0110..../s1. The van der Waals surface area contributed by atoms with Crippen LogP contribution in [0.4, 0.5) is 5.82 Å². The zero-order valence-electron chi connectivity index (χ0n) is 44.7. The average Bonchev–Trinajstić information content (AvgIpc) is 4.12. The molecule has 0 aliphatic carbocycles. The van der Waals surface area contributed by atoms with E-state index >= 15 is 0 Å². The number of aromatic amines is 3. The largest absolute Gasteiger partial charge is 0.393 e. The molecule has 0 amide bonds. The number of carbonyl (C=O) groups excluding carboxylic acids is 1. The number of carbonyl (C=O) groups is 1. The summed E-state index contributed by atoms with van der Waals surface area (Å²) in [4.78, 5) is 102. The van der Waals surface area contributed by atoms with Crippen LogP contribution in [0.3, 0.4) is 0 Å². The SMILES string of the molecule is C.C.C.C.CCC[C@]1(CC)O[C@@H](n2ccc(=O)[nH]c2=O)[C@H](Cl)[C@@H]1C.CCC[C@]1(CO)O[C@@H](n2ccc(=O)[nH]c2=O)[C@H](Cl)[C@@H]1O.CCC[C@]1(CO)O[C@@H](n2ccc(N)nc2=O)[C@H](Cl)[C@@H]1O.CC[C@@]1(C=O)O[C@@H](n2ccc(=O)[nH]c2=O)[C@H](Cl)[C@@H]1C. The maximum Gasteiger partial charge on any atom is 0.351 e. The molecule has 29 heteroatoms. The molecule has 8 heterocycles. The van der Waals surface area contributed by atoms with Crippen molar-refractivity contribution in [1.82, 2.24) is 38.2 Å². The molecule has 4 aliphatic heterocycles. The fourth-order valence-corrected chi connectivity index (χ4v) is 12.0. The van der Waals surface area contributed by atoms with E-state index in [4.69, 9.17) is 71.1 Å². The summed E-state index contributed by atoms with van der Waals surface area (Å²) < 4.78 is 28.2. The van der Waals surface area contributed by atoms with Gasteiger partial charge in [-0.1, -0.05) is 97.4 Å². The quantitative estimate of drug-likeness (QED) is 0.0581. The summed E-state index contributed by atoms with van der Waals surface area (Å²) in [5.74, 6) is -0.00339. The van der Waals surface area contributed by atoms with Crippen molar-refractivity contribution >= 4 is 58.5 Å². The highest BCUT2D eigenvalue weighted by Crippen LogP contribution is 2.49. The number of rotatable bonds is 15. The van der Waals surface area contributed by atoms with Gasteiger partial charge in [-0.3, -0.25) is 47.6 Å². The minimum Gasteiger partial charge on any atom is -0.393 e. The van der Waals surface area contributed by atoms with Gasteiger partial charge in [0.1, 0.15) is 45.6 Å². The highest BCUT2D eigenvalue weighted by molar-refractivity contribution is 6.22. The Bertz CT molecular complexity index is 3020. The van der Waals surface area contributed by atoms with E-state index in [0.29, 0.717) is 32.1 Å². The minimum absolute atomic E-state index is 0. The number of aliphatic hydroxyl groups is 4. The van der Waals surface area contributed by atoms with Gasteiger partial charge in [-0.2, -0.15) is 4.98 Å². The van der Waals surface area contributed by atoms with Gasteiger partial charge < -0.3 is 49.9 Å². The number of hydrogen-bond donors (Lipinski definition) is 8. The van der Waals surface area contributed by atoms with Gasteiger partial charge in [-0.15, -0.1) is 46.4 Å². The molecule has 4 saturated heterocycles. The molecule has 0 unspecified atom stereocenters. The maximum atomic E-state index is 11.9. The number of hydrogen-bond acceptors (Lipinski definition) is 18. The normalized spacial score (nSPS) is 32.1. The Labute approximate surface area is 502 Å². The summed E-state index contributed by atoms with van der Waals surface area (Å²) in [6.45, 7) is 12.9. The molecule has 472 valence electrons. The highest BCUT2D eigenvalue weighted by atomic mass is 35.5. The second-order valence-corrected chi connectivity index (χ2v) is 21.9. The fraction of sp³-hybridized carbons (Fsp3) is 0.685. The van der Waals surface area contributed by atoms with E-state index in [1.54, 1.807) is 0 Å². The Morgan fingerprint density at radius 2 is 0.880 bits per heavy atom. The second-order valence-electron chi connectivity index (χ2n) is 19.9. The van der Waals surface area contributed by atoms with Crippen molar-refractivity contribution in [3.63, 3.8) is 0 Å². The van der Waals surface area contributed by atoms with E-state index in [1.807, 2.05) is 27.7 Å². The van der Waals surface area contributed by atoms with Crippen molar-refractivity contribution in [2.75, 3.05) is 18.9 Å². The van der Waals surface area contributed by atoms with Crippen LogP contribution in [0, 0.1) is 11.8 Å². The molecule has 83 heavy (non-hydrogen) atoms. The number of aldehydes is 1. The first-order chi connectivity index (χ1) is 37.3. The Balaban J connectivity index is 0.000000545. The van der Waals surface area contributed by atoms with Gasteiger partial charge in [-0.05, 0) is 38.2 Å². The molecule has 0 spiro atoms. The van der Waals surface area contributed by atoms with Crippen LogP contribution in [0.25, 0.3) is 0 Å². The van der Waals surface area contributed by atoms with Gasteiger partial charge in [0.05, 0.1) is 29.6 Å². The smallest absolute Gasteiger partial charge is 0.351 e. The van der Waals surface area contributed by atoms with E-state index in [1.165, 1.54) is 62.8 Å². The van der Waals surface area contributed by atoms with Crippen LogP contribution in [-0.2, 0) is 23.7 Å². The maximum absolute atomic E-state index is 11.9. The summed E-state index contributed by atoms with van der Waals surface area (Å²) in [6.07, 6.45) is 6.26. The lowest BCUT2D eigenvalue weighted by atomic mass is 9.82. The number of ether oxygens (including phenoxy) is 4. The lowest BCUT2D eigenvalue weighted by Gasteiger charge is -2.31. The average molecular weight is 1260 g/mol. The summed E-state index contributed by atoms with van der Waals surface area (Å²) >= 11 is 25.1. The molecule has 9 N–H and O–H groups in total. The number of alkyl halides is 4. The molecule has 16 atom stereocenters. The number of nitrogens with one attached hydrogen (secondary N) is 3. The number of aliphatic hydroxyl groups excluding tert-OH is 4. The van der Waals surface area contributed by atoms with Crippen LogP contribution in [-0.4, -0.2) is 134 Å². The van der Waals surface area contributed by atoms with Crippen LogP contribution in [0.1, 0.15) is 154 Å². The lowest BCUT2D eigenvalue weighted by Crippen LogP contribution is -2.45. The predicted octanol–water partition coefficient (Wildman–Crippen LogP) is 4.88. The Kier molecular flexibility index (Phi) is 29.5. The van der Waals surface area contributed by atoms with Crippen LogP contribution >= 0.6 is 46.4 Å². The van der Waals surface area contributed by atoms with Gasteiger partial charge in [0.25, 0.3) is 16.7 Å². The van der Waals surface area contributed by atoms with Crippen LogP contribution in [0.5, 0.6) is 0 Å². The molecule has 25 nitrogen and oxygen atoms in total. The molecule has 0 saturated carbocycles. The first-order valence-corrected chi connectivity index (χ1v) is 27.7. The van der Waals surface area contributed by atoms with Crippen molar-refractivity contribution < 1.29 is 44.2 Å². The molecule has 0 radical (unpaired) electrons. The van der Waals surface area contributed by atoms with Gasteiger partial charge in [0.2, 0.25) is 0 Å². The number of nitrogen functional groups attached to an aromatic ring is 1. The number of H-pyrrole nitrogens is 3. The Hall–Kier alpha value is -4.77. The van der Waals surface area contributed by atoms with Crippen LogP contribution in [0.2, 0.25) is 0 Å². The molecule has 4 aromatic heterocycles. The fourth-order valence-electron chi connectivity index (χ4n) is 10.4. The molecule has 0 aromatic carbocycles. The Morgan fingerprint density at radius 1 is 0.542 bits per heavy atom. The van der Waals surface area contributed by atoms with Crippen molar-refractivity contribution in [3.05, 3.63) is 122 Å². The molecule has 0 bridgehead atoms. The second kappa shape index (κ2) is 32.1. The lowest BCUT2D eigenvalue weighted by molar-refractivity contribution is -0.138. The van der Waals surface area contributed by atoms with Crippen LogP contribution in [0.15, 0.2) is 82.6 Å². The predicted molar refractivity (Wildman–Crippen MR) is 320 cm³/mol. The van der Waals surface area contributed by atoms with Crippen molar-refractivity contribution in [1.29, 1.82) is 0 Å². The zero-order valence-corrected chi connectivity index (χ0v) is 47.7. The molecule has 4 fully saturated rings. The van der Waals surface area contributed by atoms with Gasteiger partial charge in [-0.25, -0.2) is 19.2 Å². The van der Waals surface area contributed by atoms with Crippen molar-refractivity contribution in [2.45, 2.75) is 211 Å². The number of nitrogens with zero attached hydrogens (tertiary/aromatic N) is 5. The summed E-state index contributed by atoms with van der Waals surface area (Å²) in [7, 11) is 0. The first-order valence-electron chi connectivity index (χ1n) is 25.9. The Morgan fingerprint density at radius 3 is 1.20 bits per heavy atom. The summed E-state index contributed by atoms with van der Waals surface area (Å²) in [5, 5.41) is 36.9. The third-order valence-electron chi connectivity index (χ3n) is 15.1. The third-order valence-corrected chi connectivity index (χ3v) is 17.2. The first kappa shape index (κ1) is 76.2. The number of nitrogens with two attached hydrogens (primary N) is 1. The van der Waals surface area contributed by atoms with E-state index in [9.17, 15) is 58.8 Å². The van der Waals surface area contributed by atoms with E-state index in [2.05, 4.69) is 40.7 Å². The molecule has 4 aliphatic rings. The molecule has 4 aromatic rings. The van der Waals surface area contributed by atoms with E-state index in [-0.39, 0.29) is 64.9 Å². The molecule has 8 rings (SSSR count). The molecular weight excluding hydrogens is 1170 g/mol. The van der Waals surface area contributed by atoms with Crippen LogP contribution < -0.4 is 45.2 Å². The number of halogens is 4. The topological polar surface area (TPSA) is 360 Å². The van der Waals surface area contributed by atoms with Crippen molar-refractivity contribution in [2.24, 2.45) is 11.8 Å². The number of aromatic nitrogens is 8.